The molecule has 0 amide bonds. The van der Waals surface area contributed by atoms with Gasteiger partial charge in [0.1, 0.15) is 0 Å². The Balaban J connectivity index is 1.99. The molecule has 0 atom stereocenters. The van der Waals surface area contributed by atoms with Gasteiger partial charge >= 0.3 is 0 Å². The van der Waals surface area contributed by atoms with Crippen molar-refractivity contribution in [1.82, 2.24) is 20.2 Å². The summed E-state index contributed by atoms with van der Waals surface area (Å²) < 4.78 is 1.76. The predicted molar refractivity (Wildman–Crippen MR) is 87.6 cm³/mol. The lowest BCUT2D eigenvalue weighted by atomic mass is 10.1. The first-order chi connectivity index (χ1) is 10.8. The van der Waals surface area contributed by atoms with Gasteiger partial charge in [0.25, 0.3) is 5.95 Å². The topological polar surface area (TPSA) is 55.6 Å². The maximum absolute atomic E-state index is 4.14. The van der Waals surface area contributed by atoms with Gasteiger partial charge in [-0.3, -0.25) is 0 Å². The van der Waals surface area contributed by atoms with Crippen LogP contribution in [-0.4, -0.2) is 20.2 Å². The number of nitrogens with zero attached hydrogens (tertiary/aromatic N) is 4. The lowest BCUT2D eigenvalue weighted by molar-refractivity contribution is 0.784. The molecule has 1 heterocycles. The van der Waals surface area contributed by atoms with Gasteiger partial charge in [-0.2, -0.15) is 4.68 Å². The molecular formula is C17H19N5. The van der Waals surface area contributed by atoms with Crippen LogP contribution in [0.1, 0.15) is 25.0 Å². The fourth-order valence-electron chi connectivity index (χ4n) is 2.51. The number of hydrogen-bond acceptors (Lipinski definition) is 4. The highest BCUT2D eigenvalue weighted by molar-refractivity contribution is 5.60. The molecule has 0 aliphatic carbocycles. The Labute approximate surface area is 130 Å². The summed E-state index contributed by atoms with van der Waals surface area (Å²) in [7, 11) is 0. The van der Waals surface area contributed by atoms with Crippen molar-refractivity contribution in [3.63, 3.8) is 0 Å². The second kappa shape index (κ2) is 6.39. The predicted octanol–water partition coefficient (Wildman–Crippen LogP) is 3.53. The number of tetrazole rings is 1. The van der Waals surface area contributed by atoms with Gasteiger partial charge in [-0.1, -0.05) is 55.3 Å². The van der Waals surface area contributed by atoms with E-state index in [0.29, 0.717) is 5.95 Å². The molecule has 0 fully saturated rings. The molecule has 3 rings (SSSR count). The summed E-state index contributed by atoms with van der Waals surface area (Å²) in [6.45, 7) is 4.26. The van der Waals surface area contributed by atoms with Crippen molar-refractivity contribution >= 4 is 11.6 Å². The van der Waals surface area contributed by atoms with Crippen molar-refractivity contribution in [2.45, 2.75) is 26.7 Å². The zero-order chi connectivity index (χ0) is 15.4. The first-order valence-corrected chi connectivity index (χ1v) is 7.55. The van der Waals surface area contributed by atoms with E-state index in [4.69, 9.17) is 0 Å². The van der Waals surface area contributed by atoms with Crippen LogP contribution in [0.3, 0.4) is 0 Å². The minimum absolute atomic E-state index is 0.627. The van der Waals surface area contributed by atoms with Gasteiger partial charge in [-0.25, -0.2) is 0 Å². The number of nitrogens with one attached hydrogen (secondary N) is 1. The van der Waals surface area contributed by atoms with Crippen molar-refractivity contribution in [1.29, 1.82) is 0 Å². The molecule has 1 N–H and O–H groups in total. The quantitative estimate of drug-likeness (QED) is 0.782. The normalized spacial score (nSPS) is 10.6. The average molecular weight is 293 g/mol. The van der Waals surface area contributed by atoms with Gasteiger partial charge < -0.3 is 5.32 Å². The Hall–Kier alpha value is -2.69. The highest BCUT2D eigenvalue weighted by atomic mass is 15.6. The van der Waals surface area contributed by atoms with Crippen molar-refractivity contribution in [2.75, 3.05) is 5.32 Å². The van der Waals surface area contributed by atoms with Gasteiger partial charge in [-0.15, -0.1) is 0 Å². The highest BCUT2D eigenvalue weighted by Gasteiger charge is 2.12. The largest absolute Gasteiger partial charge is 0.322 e. The Morgan fingerprint density at radius 3 is 2.36 bits per heavy atom. The van der Waals surface area contributed by atoms with Crippen LogP contribution < -0.4 is 5.32 Å². The minimum Gasteiger partial charge on any atom is -0.322 e. The second-order valence-corrected chi connectivity index (χ2v) is 5.03. The van der Waals surface area contributed by atoms with Crippen molar-refractivity contribution in [2.24, 2.45) is 0 Å². The first-order valence-electron chi connectivity index (χ1n) is 7.55. The molecule has 1 aromatic heterocycles. The number of benzene rings is 2. The van der Waals surface area contributed by atoms with E-state index in [0.717, 1.165) is 24.2 Å². The molecule has 0 saturated carbocycles. The fraction of sp³-hybridized carbons (Fsp3) is 0.235. The van der Waals surface area contributed by atoms with E-state index in [1.54, 1.807) is 4.68 Å². The van der Waals surface area contributed by atoms with E-state index in [1.165, 1.54) is 11.1 Å². The standard InChI is InChI=1S/C17H19N5/c1-3-13-9-5-7-11-15(13)18-17-19-20-21-22(17)16-12-8-6-10-14(16)4-2/h5-12H,3-4H2,1-2H3,(H,18,19,21). The smallest absolute Gasteiger partial charge is 0.252 e. The third-order valence-corrected chi connectivity index (χ3v) is 3.71. The van der Waals surface area contributed by atoms with Crippen LogP contribution in [-0.2, 0) is 12.8 Å². The molecule has 5 heteroatoms. The maximum atomic E-state index is 4.14. The zero-order valence-corrected chi connectivity index (χ0v) is 12.8. The van der Waals surface area contributed by atoms with E-state index in [-0.39, 0.29) is 0 Å². The number of rotatable bonds is 5. The van der Waals surface area contributed by atoms with E-state index < -0.39 is 0 Å². The molecule has 0 spiro atoms. The van der Waals surface area contributed by atoms with Gasteiger partial charge in [0, 0.05) is 5.69 Å². The summed E-state index contributed by atoms with van der Waals surface area (Å²) in [6, 6.07) is 16.4. The van der Waals surface area contributed by atoms with Crippen LogP contribution in [0.5, 0.6) is 0 Å². The van der Waals surface area contributed by atoms with Crippen molar-refractivity contribution in [3.8, 4) is 5.69 Å². The Morgan fingerprint density at radius 1 is 0.909 bits per heavy atom. The molecule has 0 bridgehead atoms. The minimum atomic E-state index is 0.627. The monoisotopic (exact) mass is 293 g/mol. The summed E-state index contributed by atoms with van der Waals surface area (Å²) in [5.74, 6) is 0.627. The molecule has 0 radical (unpaired) electrons. The number of aryl methyl sites for hydroxylation is 2. The van der Waals surface area contributed by atoms with Crippen molar-refractivity contribution < 1.29 is 0 Å². The maximum Gasteiger partial charge on any atom is 0.252 e. The zero-order valence-electron chi connectivity index (χ0n) is 12.8. The molecule has 112 valence electrons. The van der Waals surface area contributed by atoms with E-state index in [9.17, 15) is 0 Å². The molecule has 0 saturated heterocycles. The van der Waals surface area contributed by atoms with Crippen LogP contribution in [0.2, 0.25) is 0 Å². The highest BCUT2D eigenvalue weighted by Crippen LogP contribution is 2.22. The lowest BCUT2D eigenvalue weighted by Gasteiger charge is -2.12. The Bertz CT molecular complexity index is 763. The molecular weight excluding hydrogens is 274 g/mol. The van der Waals surface area contributed by atoms with Crippen LogP contribution in [0.15, 0.2) is 48.5 Å². The van der Waals surface area contributed by atoms with Crippen LogP contribution in [0.4, 0.5) is 11.6 Å². The average Bonchev–Trinajstić information content (AvgIpc) is 3.03. The van der Waals surface area contributed by atoms with E-state index in [2.05, 4.69) is 46.8 Å². The fourth-order valence-corrected chi connectivity index (χ4v) is 2.51. The third-order valence-electron chi connectivity index (χ3n) is 3.71. The van der Waals surface area contributed by atoms with Gasteiger partial charge in [-0.05, 0) is 46.5 Å². The van der Waals surface area contributed by atoms with Crippen LogP contribution in [0.25, 0.3) is 5.69 Å². The van der Waals surface area contributed by atoms with Crippen LogP contribution >= 0.6 is 0 Å². The van der Waals surface area contributed by atoms with Crippen LogP contribution in [0, 0.1) is 0 Å². The third kappa shape index (κ3) is 2.70. The van der Waals surface area contributed by atoms with E-state index >= 15 is 0 Å². The Kier molecular flexibility index (Phi) is 4.14. The van der Waals surface area contributed by atoms with Gasteiger partial charge in [0.2, 0.25) is 0 Å². The molecule has 3 aromatic rings. The van der Waals surface area contributed by atoms with Gasteiger partial charge in [0.05, 0.1) is 5.69 Å². The summed E-state index contributed by atoms with van der Waals surface area (Å²) in [5, 5.41) is 15.4. The molecule has 0 aliphatic rings. The molecule has 2 aromatic carbocycles. The summed E-state index contributed by atoms with van der Waals surface area (Å²) in [6.07, 6.45) is 1.89. The van der Waals surface area contributed by atoms with Gasteiger partial charge in [0.15, 0.2) is 0 Å². The SMILES string of the molecule is CCc1ccccc1Nc1nnnn1-c1ccccc1CC. The number of hydrogen-bond donors (Lipinski definition) is 1. The molecule has 5 nitrogen and oxygen atoms in total. The first kappa shape index (κ1) is 14.3. The summed E-state index contributed by atoms with van der Waals surface area (Å²) in [5.41, 5.74) is 4.49. The second-order valence-electron chi connectivity index (χ2n) is 5.03. The number of aromatic nitrogens is 4. The number of para-hydroxylation sites is 2. The van der Waals surface area contributed by atoms with Crippen molar-refractivity contribution in [3.05, 3.63) is 59.7 Å². The Morgan fingerprint density at radius 2 is 1.59 bits per heavy atom. The molecule has 0 unspecified atom stereocenters. The summed E-state index contributed by atoms with van der Waals surface area (Å²) >= 11 is 0. The van der Waals surface area contributed by atoms with E-state index in [1.807, 2.05) is 36.4 Å². The summed E-state index contributed by atoms with van der Waals surface area (Å²) in [4.78, 5) is 0. The lowest BCUT2D eigenvalue weighted by Crippen LogP contribution is -2.06. The number of anilines is 2. The molecule has 22 heavy (non-hydrogen) atoms. The molecule has 0 aliphatic heterocycles.